The van der Waals surface area contributed by atoms with Gasteiger partial charge in [0.15, 0.2) is 0 Å². The number of aromatic nitrogens is 1. The van der Waals surface area contributed by atoms with E-state index in [-0.39, 0.29) is 25.4 Å². The van der Waals surface area contributed by atoms with Crippen molar-refractivity contribution in [3.8, 4) is 0 Å². The zero-order chi connectivity index (χ0) is 16.6. The Bertz CT molecular complexity index is 561. The molecule has 0 atom stereocenters. The van der Waals surface area contributed by atoms with E-state index in [0.29, 0.717) is 6.54 Å². The Kier molecular flexibility index (Phi) is 7.47. The van der Waals surface area contributed by atoms with Crippen LogP contribution in [0.1, 0.15) is 31.7 Å². The molecule has 1 amide bonds. The molecule has 0 saturated carbocycles. The minimum atomic E-state index is -3.37. The Morgan fingerprint density at radius 3 is 2.59 bits per heavy atom. The molecule has 0 aliphatic heterocycles. The SMILES string of the molecule is CCCCN(C)C(=O)CCN(Cc1cccnc1)S(C)(=O)=O. The number of nitrogens with zero attached hydrogens (tertiary/aromatic N) is 3. The fourth-order valence-electron chi connectivity index (χ4n) is 1.99. The Hall–Kier alpha value is -1.47. The highest BCUT2D eigenvalue weighted by Gasteiger charge is 2.19. The topological polar surface area (TPSA) is 70.6 Å². The van der Waals surface area contributed by atoms with Gasteiger partial charge in [0, 0.05) is 45.5 Å². The molecule has 7 heteroatoms. The first kappa shape index (κ1) is 18.6. The average Bonchev–Trinajstić information content (AvgIpc) is 2.48. The molecule has 124 valence electrons. The van der Waals surface area contributed by atoms with Crippen molar-refractivity contribution in [1.82, 2.24) is 14.2 Å². The van der Waals surface area contributed by atoms with Gasteiger partial charge in [-0.05, 0) is 18.1 Å². The van der Waals surface area contributed by atoms with Crippen LogP contribution in [0.2, 0.25) is 0 Å². The lowest BCUT2D eigenvalue weighted by Gasteiger charge is -2.22. The van der Waals surface area contributed by atoms with E-state index in [9.17, 15) is 13.2 Å². The van der Waals surface area contributed by atoms with Crippen LogP contribution < -0.4 is 0 Å². The summed E-state index contributed by atoms with van der Waals surface area (Å²) in [5, 5.41) is 0. The summed E-state index contributed by atoms with van der Waals surface area (Å²) in [6.07, 6.45) is 6.60. The fourth-order valence-corrected chi connectivity index (χ4v) is 2.80. The number of unbranched alkanes of at least 4 members (excludes halogenated alkanes) is 1. The van der Waals surface area contributed by atoms with Crippen molar-refractivity contribution in [2.45, 2.75) is 32.7 Å². The molecule has 0 fully saturated rings. The monoisotopic (exact) mass is 327 g/mol. The first-order valence-electron chi connectivity index (χ1n) is 7.42. The lowest BCUT2D eigenvalue weighted by atomic mass is 10.2. The molecule has 0 radical (unpaired) electrons. The Labute approximate surface area is 133 Å². The predicted octanol–water partition coefficient (Wildman–Crippen LogP) is 1.49. The normalized spacial score (nSPS) is 11.6. The first-order valence-corrected chi connectivity index (χ1v) is 9.27. The number of carbonyl (C=O) groups excluding carboxylic acids is 1. The van der Waals surface area contributed by atoms with E-state index >= 15 is 0 Å². The van der Waals surface area contributed by atoms with Crippen LogP contribution in [0.4, 0.5) is 0 Å². The molecule has 0 spiro atoms. The third-order valence-electron chi connectivity index (χ3n) is 3.40. The summed E-state index contributed by atoms with van der Waals surface area (Å²) in [7, 11) is -1.61. The molecule has 1 heterocycles. The highest BCUT2D eigenvalue weighted by atomic mass is 32.2. The molecule has 0 aliphatic rings. The van der Waals surface area contributed by atoms with Gasteiger partial charge in [-0.25, -0.2) is 8.42 Å². The van der Waals surface area contributed by atoms with Crippen LogP contribution in [0.15, 0.2) is 24.5 Å². The molecule has 1 aromatic rings. The number of hydrogen-bond acceptors (Lipinski definition) is 4. The van der Waals surface area contributed by atoms with E-state index in [2.05, 4.69) is 11.9 Å². The molecule has 22 heavy (non-hydrogen) atoms. The molecule has 0 saturated heterocycles. The number of pyridine rings is 1. The zero-order valence-corrected chi connectivity index (χ0v) is 14.3. The van der Waals surface area contributed by atoms with Crippen LogP contribution in [0, 0.1) is 0 Å². The Morgan fingerprint density at radius 1 is 1.32 bits per heavy atom. The van der Waals surface area contributed by atoms with Gasteiger partial charge in [0.2, 0.25) is 15.9 Å². The van der Waals surface area contributed by atoms with E-state index in [4.69, 9.17) is 0 Å². The minimum absolute atomic E-state index is 0.0340. The molecular weight excluding hydrogens is 302 g/mol. The van der Waals surface area contributed by atoms with E-state index in [0.717, 1.165) is 24.7 Å². The summed E-state index contributed by atoms with van der Waals surface area (Å²) in [4.78, 5) is 17.7. The van der Waals surface area contributed by atoms with Gasteiger partial charge in [-0.2, -0.15) is 4.31 Å². The molecule has 6 nitrogen and oxygen atoms in total. The smallest absolute Gasteiger partial charge is 0.223 e. The summed E-state index contributed by atoms with van der Waals surface area (Å²) >= 11 is 0. The summed E-state index contributed by atoms with van der Waals surface area (Å²) in [6, 6.07) is 3.58. The highest BCUT2D eigenvalue weighted by molar-refractivity contribution is 7.88. The molecule has 1 rings (SSSR count). The molecule has 0 bridgehead atoms. The van der Waals surface area contributed by atoms with Crippen LogP contribution in [0.25, 0.3) is 0 Å². The number of sulfonamides is 1. The average molecular weight is 327 g/mol. The van der Waals surface area contributed by atoms with Gasteiger partial charge in [-0.1, -0.05) is 19.4 Å². The van der Waals surface area contributed by atoms with Gasteiger partial charge in [0.05, 0.1) is 6.26 Å². The molecule has 0 aliphatic carbocycles. The highest BCUT2D eigenvalue weighted by Crippen LogP contribution is 2.09. The molecule has 0 unspecified atom stereocenters. The maximum Gasteiger partial charge on any atom is 0.223 e. The Balaban J connectivity index is 2.62. The Morgan fingerprint density at radius 2 is 2.05 bits per heavy atom. The maximum absolute atomic E-state index is 12.0. The molecule has 0 N–H and O–H groups in total. The van der Waals surface area contributed by atoms with Crippen molar-refractivity contribution < 1.29 is 13.2 Å². The molecule has 1 aromatic heterocycles. The van der Waals surface area contributed by atoms with Crippen molar-refractivity contribution in [3.05, 3.63) is 30.1 Å². The number of rotatable bonds is 9. The summed E-state index contributed by atoms with van der Waals surface area (Å²) in [6.45, 7) is 3.19. The van der Waals surface area contributed by atoms with E-state index in [1.165, 1.54) is 4.31 Å². The van der Waals surface area contributed by atoms with E-state index in [1.54, 1.807) is 30.4 Å². The predicted molar refractivity (Wildman–Crippen MR) is 86.7 cm³/mol. The lowest BCUT2D eigenvalue weighted by Crippen LogP contribution is -2.35. The van der Waals surface area contributed by atoms with E-state index in [1.807, 2.05) is 6.07 Å². The van der Waals surface area contributed by atoms with Crippen molar-refractivity contribution in [2.24, 2.45) is 0 Å². The standard InChI is InChI=1S/C15H25N3O3S/c1-4-5-10-17(2)15(19)8-11-18(22(3,20)21)13-14-7-6-9-16-12-14/h6-7,9,12H,4-5,8,10-11,13H2,1-3H3. The third-order valence-corrected chi connectivity index (χ3v) is 4.65. The van der Waals surface area contributed by atoms with Gasteiger partial charge in [0.1, 0.15) is 0 Å². The zero-order valence-electron chi connectivity index (χ0n) is 13.5. The number of amides is 1. The van der Waals surface area contributed by atoms with Gasteiger partial charge >= 0.3 is 0 Å². The van der Waals surface area contributed by atoms with Crippen molar-refractivity contribution in [1.29, 1.82) is 0 Å². The van der Waals surface area contributed by atoms with Gasteiger partial charge in [-0.3, -0.25) is 9.78 Å². The van der Waals surface area contributed by atoms with Gasteiger partial charge in [-0.15, -0.1) is 0 Å². The van der Waals surface area contributed by atoms with Crippen LogP contribution in [0.3, 0.4) is 0 Å². The van der Waals surface area contributed by atoms with Gasteiger partial charge < -0.3 is 4.90 Å². The quantitative estimate of drug-likeness (QED) is 0.689. The van der Waals surface area contributed by atoms with Crippen molar-refractivity contribution in [3.63, 3.8) is 0 Å². The largest absolute Gasteiger partial charge is 0.346 e. The minimum Gasteiger partial charge on any atom is -0.346 e. The lowest BCUT2D eigenvalue weighted by molar-refractivity contribution is -0.130. The van der Waals surface area contributed by atoms with Crippen molar-refractivity contribution in [2.75, 3.05) is 26.4 Å². The molecular formula is C15H25N3O3S. The third kappa shape index (κ3) is 6.53. The van der Waals surface area contributed by atoms with Crippen LogP contribution in [-0.2, 0) is 21.4 Å². The second-order valence-electron chi connectivity index (χ2n) is 5.38. The molecule has 0 aromatic carbocycles. The maximum atomic E-state index is 12.0. The van der Waals surface area contributed by atoms with Crippen LogP contribution in [0.5, 0.6) is 0 Å². The first-order chi connectivity index (χ1) is 10.3. The second-order valence-corrected chi connectivity index (χ2v) is 7.36. The summed E-state index contributed by atoms with van der Waals surface area (Å²) < 4.78 is 25.1. The summed E-state index contributed by atoms with van der Waals surface area (Å²) in [5.74, 6) is -0.0340. The number of hydrogen-bond donors (Lipinski definition) is 0. The number of carbonyl (C=O) groups is 1. The fraction of sp³-hybridized carbons (Fsp3) is 0.600. The summed E-state index contributed by atoms with van der Waals surface area (Å²) in [5.41, 5.74) is 0.805. The van der Waals surface area contributed by atoms with Crippen molar-refractivity contribution >= 4 is 15.9 Å². The van der Waals surface area contributed by atoms with Crippen LogP contribution >= 0.6 is 0 Å². The van der Waals surface area contributed by atoms with Gasteiger partial charge in [0.25, 0.3) is 0 Å². The second kappa shape index (κ2) is 8.85. The van der Waals surface area contributed by atoms with E-state index < -0.39 is 10.0 Å². The van der Waals surface area contributed by atoms with Crippen LogP contribution in [-0.4, -0.2) is 54.9 Å².